The summed E-state index contributed by atoms with van der Waals surface area (Å²) < 4.78 is 5.97. The monoisotopic (exact) mass is 512 g/mol. The summed E-state index contributed by atoms with van der Waals surface area (Å²) in [7, 11) is 0. The van der Waals surface area contributed by atoms with E-state index in [1.165, 1.54) is 6.42 Å². The summed E-state index contributed by atoms with van der Waals surface area (Å²) in [6.07, 6.45) is 5.90. The van der Waals surface area contributed by atoms with Gasteiger partial charge in [-0.3, -0.25) is 9.59 Å². The molecule has 200 valence electrons. The Morgan fingerprint density at radius 1 is 0.842 bits per heavy atom. The van der Waals surface area contributed by atoms with Gasteiger partial charge >= 0.3 is 0 Å². The zero-order valence-electron chi connectivity index (χ0n) is 22.9. The average molecular weight is 513 g/mol. The highest BCUT2D eigenvalue weighted by atomic mass is 16.5. The van der Waals surface area contributed by atoms with Crippen LogP contribution in [-0.4, -0.2) is 35.4 Å². The highest BCUT2D eigenvalue weighted by molar-refractivity contribution is 5.88. The standard InChI is InChI=1S/C33H40N2O3/c1-24-14-16-28(17-15-24)22-35(32(36)23-38-30-19-25(2)18-26(3)20-30)31(21-27-10-6-4-7-11-27)33(37)34-29-12-8-5-9-13-29/h4,6-7,10-11,14-20,29,31H,5,8-9,12-13,21-23H2,1-3H3,(H,34,37). The van der Waals surface area contributed by atoms with Gasteiger partial charge in [-0.1, -0.05) is 85.5 Å². The Morgan fingerprint density at radius 3 is 2.16 bits per heavy atom. The van der Waals surface area contributed by atoms with E-state index in [2.05, 4.69) is 11.4 Å². The molecule has 1 unspecified atom stereocenters. The molecular formula is C33H40N2O3. The van der Waals surface area contributed by atoms with Gasteiger partial charge in [0.15, 0.2) is 6.61 Å². The molecule has 1 saturated carbocycles. The molecule has 1 fully saturated rings. The maximum Gasteiger partial charge on any atom is 0.261 e. The van der Waals surface area contributed by atoms with E-state index in [9.17, 15) is 9.59 Å². The van der Waals surface area contributed by atoms with Crippen LogP contribution in [-0.2, 0) is 22.6 Å². The minimum atomic E-state index is -0.643. The Morgan fingerprint density at radius 2 is 1.50 bits per heavy atom. The van der Waals surface area contributed by atoms with Crippen molar-refractivity contribution in [3.63, 3.8) is 0 Å². The molecule has 0 heterocycles. The van der Waals surface area contributed by atoms with Crippen molar-refractivity contribution < 1.29 is 14.3 Å². The summed E-state index contributed by atoms with van der Waals surface area (Å²) in [6, 6.07) is 23.5. The van der Waals surface area contributed by atoms with Gasteiger partial charge in [-0.25, -0.2) is 0 Å². The molecule has 3 aromatic rings. The molecule has 1 aliphatic rings. The normalized spacial score (nSPS) is 14.5. The lowest BCUT2D eigenvalue weighted by atomic mass is 9.94. The molecule has 1 atom stereocenters. The first-order valence-corrected chi connectivity index (χ1v) is 13.8. The topological polar surface area (TPSA) is 58.6 Å². The van der Waals surface area contributed by atoms with Gasteiger partial charge in [0, 0.05) is 19.0 Å². The first kappa shape index (κ1) is 27.4. The van der Waals surface area contributed by atoms with Gasteiger partial charge in [0.25, 0.3) is 5.91 Å². The van der Waals surface area contributed by atoms with Gasteiger partial charge in [-0.2, -0.15) is 0 Å². The van der Waals surface area contributed by atoms with Crippen molar-refractivity contribution in [2.75, 3.05) is 6.61 Å². The minimum Gasteiger partial charge on any atom is -0.484 e. The van der Waals surface area contributed by atoms with Gasteiger partial charge in [0.05, 0.1) is 0 Å². The van der Waals surface area contributed by atoms with Crippen LogP contribution < -0.4 is 10.1 Å². The van der Waals surface area contributed by atoms with Crippen LogP contribution in [0.3, 0.4) is 0 Å². The Kier molecular flexibility index (Phi) is 9.58. The van der Waals surface area contributed by atoms with Crippen LogP contribution >= 0.6 is 0 Å². The van der Waals surface area contributed by atoms with E-state index in [1.54, 1.807) is 4.90 Å². The van der Waals surface area contributed by atoms with E-state index in [0.29, 0.717) is 18.7 Å². The van der Waals surface area contributed by atoms with E-state index in [1.807, 2.05) is 87.5 Å². The second-order valence-corrected chi connectivity index (χ2v) is 10.7. The van der Waals surface area contributed by atoms with Crippen LogP contribution in [0.15, 0.2) is 72.8 Å². The molecule has 0 radical (unpaired) electrons. The van der Waals surface area contributed by atoms with Gasteiger partial charge in [-0.05, 0) is 68.0 Å². The largest absolute Gasteiger partial charge is 0.484 e. The molecule has 0 spiro atoms. The van der Waals surface area contributed by atoms with Crippen LogP contribution in [0.2, 0.25) is 0 Å². The van der Waals surface area contributed by atoms with E-state index >= 15 is 0 Å². The molecule has 5 nitrogen and oxygen atoms in total. The second-order valence-electron chi connectivity index (χ2n) is 10.7. The van der Waals surface area contributed by atoms with Crippen LogP contribution in [0, 0.1) is 20.8 Å². The fourth-order valence-corrected chi connectivity index (χ4v) is 5.23. The molecule has 1 N–H and O–H groups in total. The van der Waals surface area contributed by atoms with Crippen molar-refractivity contribution in [2.45, 2.75) is 77.9 Å². The number of hydrogen-bond acceptors (Lipinski definition) is 3. The molecule has 4 rings (SSSR count). The van der Waals surface area contributed by atoms with Crippen molar-refractivity contribution in [1.82, 2.24) is 10.2 Å². The number of hydrogen-bond donors (Lipinski definition) is 1. The molecule has 38 heavy (non-hydrogen) atoms. The van der Waals surface area contributed by atoms with Crippen molar-refractivity contribution in [2.24, 2.45) is 0 Å². The summed E-state index contributed by atoms with van der Waals surface area (Å²) in [5, 5.41) is 3.28. The lowest BCUT2D eigenvalue weighted by molar-refractivity contribution is -0.143. The lowest BCUT2D eigenvalue weighted by Crippen LogP contribution is -2.53. The summed E-state index contributed by atoms with van der Waals surface area (Å²) >= 11 is 0. The Labute approximate surface area is 227 Å². The van der Waals surface area contributed by atoms with E-state index in [-0.39, 0.29) is 24.5 Å². The first-order valence-electron chi connectivity index (χ1n) is 13.8. The Hall–Kier alpha value is -3.60. The molecule has 1 aliphatic carbocycles. The third-order valence-electron chi connectivity index (χ3n) is 7.25. The van der Waals surface area contributed by atoms with E-state index in [0.717, 1.165) is 53.5 Å². The summed E-state index contributed by atoms with van der Waals surface area (Å²) in [5.41, 5.74) is 5.32. The summed E-state index contributed by atoms with van der Waals surface area (Å²) in [6.45, 7) is 6.27. The van der Waals surface area contributed by atoms with Crippen molar-refractivity contribution in [3.05, 3.63) is 101 Å². The smallest absolute Gasteiger partial charge is 0.261 e. The third kappa shape index (κ3) is 7.95. The van der Waals surface area contributed by atoms with Gasteiger partial charge in [0.1, 0.15) is 11.8 Å². The van der Waals surface area contributed by atoms with Crippen molar-refractivity contribution in [1.29, 1.82) is 0 Å². The molecule has 0 bridgehead atoms. The van der Waals surface area contributed by atoms with Gasteiger partial charge in [0.2, 0.25) is 5.91 Å². The maximum atomic E-state index is 13.8. The van der Waals surface area contributed by atoms with E-state index < -0.39 is 6.04 Å². The average Bonchev–Trinajstić information content (AvgIpc) is 2.91. The van der Waals surface area contributed by atoms with Crippen molar-refractivity contribution >= 4 is 11.8 Å². The van der Waals surface area contributed by atoms with Gasteiger partial charge in [-0.15, -0.1) is 0 Å². The van der Waals surface area contributed by atoms with Crippen molar-refractivity contribution in [3.8, 4) is 5.75 Å². The quantitative estimate of drug-likeness (QED) is 0.358. The van der Waals surface area contributed by atoms with E-state index in [4.69, 9.17) is 4.74 Å². The minimum absolute atomic E-state index is 0.0902. The number of nitrogens with one attached hydrogen (secondary N) is 1. The predicted molar refractivity (Wildman–Crippen MR) is 152 cm³/mol. The first-order chi connectivity index (χ1) is 18.4. The molecule has 2 amide bonds. The number of ether oxygens (including phenoxy) is 1. The number of carbonyl (C=O) groups is 2. The SMILES string of the molecule is Cc1ccc(CN(C(=O)COc2cc(C)cc(C)c2)C(Cc2ccccc2)C(=O)NC2CCCCC2)cc1. The van der Waals surface area contributed by atoms with Crippen LogP contribution in [0.4, 0.5) is 0 Å². The Balaban J connectivity index is 1.61. The fraction of sp³-hybridized carbons (Fsp3) is 0.394. The third-order valence-corrected chi connectivity index (χ3v) is 7.25. The number of carbonyl (C=O) groups excluding carboxylic acids is 2. The summed E-state index contributed by atoms with van der Waals surface area (Å²) in [5.74, 6) is 0.370. The van der Waals surface area contributed by atoms with Crippen LogP contribution in [0.5, 0.6) is 5.75 Å². The number of nitrogens with zero attached hydrogens (tertiary/aromatic N) is 1. The number of benzene rings is 3. The highest BCUT2D eigenvalue weighted by Crippen LogP contribution is 2.21. The number of amides is 2. The molecule has 0 aliphatic heterocycles. The second kappa shape index (κ2) is 13.3. The highest BCUT2D eigenvalue weighted by Gasteiger charge is 2.32. The summed E-state index contributed by atoms with van der Waals surface area (Å²) in [4.78, 5) is 29.3. The fourth-order valence-electron chi connectivity index (χ4n) is 5.23. The molecule has 0 aromatic heterocycles. The maximum absolute atomic E-state index is 13.8. The molecular weight excluding hydrogens is 472 g/mol. The molecule has 5 heteroatoms. The van der Waals surface area contributed by atoms with Gasteiger partial charge < -0.3 is 15.0 Å². The predicted octanol–water partition coefficient (Wildman–Crippen LogP) is 6.08. The Bertz CT molecular complexity index is 1180. The number of aryl methyl sites for hydroxylation is 3. The zero-order valence-corrected chi connectivity index (χ0v) is 22.9. The molecule has 3 aromatic carbocycles. The molecule has 0 saturated heterocycles. The van der Waals surface area contributed by atoms with Crippen LogP contribution in [0.25, 0.3) is 0 Å². The lowest BCUT2D eigenvalue weighted by Gasteiger charge is -2.33. The van der Waals surface area contributed by atoms with Crippen LogP contribution in [0.1, 0.15) is 59.9 Å². The zero-order chi connectivity index (χ0) is 26.9. The number of rotatable bonds is 10.